The van der Waals surface area contributed by atoms with Gasteiger partial charge in [-0.25, -0.2) is 4.68 Å². The Morgan fingerprint density at radius 2 is 2.24 bits per heavy atom. The molecule has 4 nitrogen and oxygen atoms in total. The van der Waals surface area contributed by atoms with Crippen molar-refractivity contribution in [2.45, 2.75) is 32.4 Å². The van der Waals surface area contributed by atoms with Crippen LogP contribution in [0.2, 0.25) is 0 Å². The van der Waals surface area contributed by atoms with Crippen molar-refractivity contribution in [1.82, 2.24) is 20.3 Å². The molecule has 17 heavy (non-hydrogen) atoms. The van der Waals surface area contributed by atoms with Crippen molar-refractivity contribution >= 4 is 11.0 Å². The molecule has 1 aliphatic carbocycles. The first-order chi connectivity index (χ1) is 8.33. The summed E-state index contributed by atoms with van der Waals surface area (Å²) in [7, 11) is 0. The molecule has 1 aliphatic rings. The first-order valence-electron chi connectivity index (χ1n) is 6.34. The van der Waals surface area contributed by atoms with Gasteiger partial charge in [0.15, 0.2) is 0 Å². The molecule has 4 heteroatoms. The van der Waals surface area contributed by atoms with E-state index in [-0.39, 0.29) is 0 Å². The number of nitrogens with one attached hydrogen (secondary N) is 1. The van der Waals surface area contributed by atoms with E-state index in [9.17, 15) is 0 Å². The van der Waals surface area contributed by atoms with Crippen LogP contribution in [0.1, 0.15) is 19.8 Å². The maximum atomic E-state index is 4.22. The maximum Gasteiger partial charge on any atom is 0.113 e. The normalized spacial score (nSPS) is 17.5. The van der Waals surface area contributed by atoms with Crippen LogP contribution in [-0.4, -0.2) is 27.6 Å². The minimum atomic E-state index is 0.584. The highest BCUT2D eigenvalue weighted by molar-refractivity contribution is 5.73. The molecule has 0 spiro atoms. The van der Waals surface area contributed by atoms with E-state index in [0.717, 1.165) is 30.2 Å². The van der Waals surface area contributed by atoms with E-state index in [1.54, 1.807) is 0 Å². The lowest BCUT2D eigenvalue weighted by molar-refractivity contribution is 0.422. The fraction of sp³-hybridized carbons (Fsp3) is 0.538. The third kappa shape index (κ3) is 2.47. The topological polar surface area (TPSA) is 42.7 Å². The number of benzene rings is 1. The van der Waals surface area contributed by atoms with Crippen molar-refractivity contribution in [3.05, 3.63) is 24.3 Å². The molecule has 3 rings (SSSR count). The van der Waals surface area contributed by atoms with Gasteiger partial charge in [0, 0.05) is 12.6 Å². The summed E-state index contributed by atoms with van der Waals surface area (Å²) >= 11 is 0. The molecular weight excluding hydrogens is 212 g/mol. The summed E-state index contributed by atoms with van der Waals surface area (Å²) in [6.45, 7) is 4.25. The SMILES string of the molecule is CC(CNC1CC1)Cn1nnc2ccccc21. The molecule has 1 aromatic carbocycles. The summed E-state index contributed by atoms with van der Waals surface area (Å²) in [6.07, 6.45) is 2.69. The van der Waals surface area contributed by atoms with Crippen LogP contribution in [0.15, 0.2) is 24.3 Å². The molecule has 1 aromatic heterocycles. The number of nitrogens with zero attached hydrogens (tertiary/aromatic N) is 3. The first-order valence-corrected chi connectivity index (χ1v) is 6.34. The van der Waals surface area contributed by atoms with Crippen LogP contribution in [0.3, 0.4) is 0 Å². The summed E-state index contributed by atoms with van der Waals surface area (Å²) in [4.78, 5) is 0. The number of hydrogen-bond donors (Lipinski definition) is 1. The minimum Gasteiger partial charge on any atom is -0.314 e. The zero-order valence-corrected chi connectivity index (χ0v) is 10.1. The lowest BCUT2D eigenvalue weighted by Gasteiger charge is -2.12. The van der Waals surface area contributed by atoms with Crippen LogP contribution in [-0.2, 0) is 6.54 Å². The van der Waals surface area contributed by atoms with E-state index in [1.165, 1.54) is 12.8 Å². The zero-order valence-electron chi connectivity index (χ0n) is 10.1. The fourth-order valence-electron chi connectivity index (χ4n) is 2.07. The number of para-hydroxylation sites is 1. The van der Waals surface area contributed by atoms with Crippen LogP contribution in [0.5, 0.6) is 0 Å². The molecule has 1 atom stereocenters. The molecule has 1 fully saturated rings. The lowest BCUT2D eigenvalue weighted by atomic mass is 10.2. The number of hydrogen-bond acceptors (Lipinski definition) is 3. The van der Waals surface area contributed by atoms with Gasteiger partial charge < -0.3 is 5.32 Å². The number of aromatic nitrogens is 3. The molecule has 0 radical (unpaired) electrons. The Bertz CT molecular complexity index is 501. The van der Waals surface area contributed by atoms with Gasteiger partial charge in [-0.15, -0.1) is 5.10 Å². The summed E-state index contributed by atoms with van der Waals surface area (Å²) in [6, 6.07) is 8.90. The van der Waals surface area contributed by atoms with E-state index in [2.05, 4.69) is 28.6 Å². The highest BCUT2D eigenvalue weighted by atomic mass is 15.4. The van der Waals surface area contributed by atoms with Gasteiger partial charge in [0.1, 0.15) is 5.52 Å². The van der Waals surface area contributed by atoms with Crippen LogP contribution < -0.4 is 5.32 Å². The summed E-state index contributed by atoms with van der Waals surface area (Å²) in [5.74, 6) is 0.584. The van der Waals surface area contributed by atoms with E-state index in [4.69, 9.17) is 0 Å². The second-order valence-electron chi connectivity index (χ2n) is 5.05. The van der Waals surface area contributed by atoms with Gasteiger partial charge >= 0.3 is 0 Å². The largest absolute Gasteiger partial charge is 0.314 e. The van der Waals surface area contributed by atoms with E-state index in [1.807, 2.05) is 22.9 Å². The molecule has 0 bridgehead atoms. The molecule has 1 saturated carbocycles. The van der Waals surface area contributed by atoms with Crippen molar-refractivity contribution < 1.29 is 0 Å². The van der Waals surface area contributed by atoms with Crippen molar-refractivity contribution in [2.24, 2.45) is 5.92 Å². The van der Waals surface area contributed by atoms with Gasteiger partial charge in [0.05, 0.1) is 5.52 Å². The standard InChI is InChI=1S/C13H18N4/c1-10(8-14-11-6-7-11)9-17-13-5-3-2-4-12(13)15-16-17/h2-5,10-11,14H,6-9H2,1H3. The van der Waals surface area contributed by atoms with Crippen molar-refractivity contribution in [3.8, 4) is 0 Å². The smallest absolute Gasteiger partial charge is 0.113 e. The van der Waals surface area contributed by atoms with Gasteiger partial charge in [-0.05, 0) is 37.4 Å². The molecule has 1 unspecified atom stereocenters. The molecule has 2 aromatic rings. The second kappa shape index (κ2) is 4.45. The van der Waals surface area contributed by atoms with Gasteiger partial charge in [-0.1, -0.05) is 24.3 Å². The first kappa shape index (κ1) is 10.7. The molecule has 90 valence electrons. The molecule has 0 saturated heterocycles. The molecule has 0 aliphatic heterocycles. The van der Waals surface area contributed by atoms with E-state index in [0.29, 0.717) is 5.92 Å². The monoisotopic (exact) mass is 230 g/mol. The highest BCUT2D eigenvalue weighted by Crippen LogP contribution is 2.19. The number of fused-ring (bicyclic) bond motifs is 1. The molecule has 1 N–H and O–H groups in total. The summed E-state index contributed by atoms with van der Waals surface area (Å²) in [5, 5.41) is 11.9. The number of rotatable bonds is 5. The maximum absolute atomic E-state index is 4.22. The Labute approximate surface area is 101 Å². The molecule has 1 heterocycles. The molecule has 0 amide bonds. The fourth-order valence-corrected chi connectivity index (χ4v) is 2.07. The van der Waals surface area contributed by atoms with Crippen molar-refractivity contribution in [1.29, 1.82) is 0 Å². The van der Waals surface area contributed by atoms with E-state index >= 15 is 0 Å². The van der Waals surface area contributed by atoms with Crippen LogP contribution in [0.25, 0.3) is 11.0 Å². The Balaban J connectivity index is 1.66. The molecular formula is C13H18N4. The van der Waals surface area contributed by atoms with Gasteiger partial charge in [-0.2, -0.15) is 0 Å². The minimum absolute atomic E-state index is 0.584. The quantitative estimate of drug-likeness (QED) is 0.852. The predicted octanol–water partition coefficient (Wildman–Crippen LogP) is 1.82. The summed E-state index contributed by atoms with van der Waals surface area (Å²) < 4.78 is 2.01. The third-order valence-corrected chi connectivity index (χ3v) is 3.24. The van der Waals surface area contributed by atoms with Crippen molar-refractivity contribution in [2.75, 3.05) is 6.54 Å². The zero-order chi connectivity index (χ0) is 11.7. The third-order valence-electron chi connectivity index (χ3n) is 3.24. The summed E-state index contributed by atoms with van der Waals surface area (Å²) in [5.41, 5.74) is 2.11. The average Bonchev–Trinajstić information content (AvgIpc) is 3.10. The Morgan fingerprint density at radius 1 is 1.41 bits per heavy atom. The van der Waals surface area contributed by atoms with Gasteiger partial charge in [0.2, 0.25) is 0 Å². The highest BCUT2D eigenvalue weighted by Gasteiger charge is 2.21. The van der Waals surface area contributed by atoms with Gasteiger partial charge in [-0.3, -0.25) is 0 Å². The van der Waals surface area contributed by atoms with Crippen LogP contribution in [0, 0.1) is 5.92 Å². The van der Waals surface area contributed by atoms with E-state index < -0.39 is 0 Å². The Kier molecular flexibility index (Phi) is 2.81. The van der Waals surface area contributed by atoms with Gasteiger partial charge in [0.25, 0.3) is 0 Å². The van der Waals surface area contributed by atoms with Crippen LogP contribution in [0.4, 0.5) is 0 Å². The van der Waals surface area contributed by atoms with Crippen LogP contribution >= 0.6 is 0 Å². The second-order valence-corrected chi connectivity index (χ2v) is 5.05. The van der Waals surface area contributed by atoms with Crippen molar-refractivity contribution in [3.63, 3.8) is 0 Å². The predicted molar refractivity (Wildman–Crippen MR) is 67.7 cm³/mol. The Hall–Kier alpha value is -1.42. The lowest BCUT2D eigenvalue weighted by Crippen LogP contribution is -2.26. The average molecular weight is 230 g/mol. The Morgan fingerprint density at radius 3 is 3.06 bits per heavy atom.